The fourth-order valence-corrected chi connectivity index (χ4v) is 4.51. The van der Waals surface area contributed by atoms with Gasteiger partial charge in [0.1, 0.15) is 11.5 Å². The normalized spacial score (nSPS) is 17.3. The molecule has 0 saturated carbocycles. The van der Waals surface area contributed by atoms with E-state index in [2.05, 4.69) is 4.90 Å². The molecule has 1 aromatic heterocycles. The highest BCUT2D eigenvalue weighted by Crippen LogP contribution is 2.28. The zero-order valence-corrected chi connectivity index (χ0v) is 18.2. The molecule has 2 amide bonds. The third kappa shape index (κ3) is 3.94. The molecule has 0 bridgehead atoms. The first-order valence-corrected chi connectivity index (χ1v) is 11.1. The van der Waals surface area contributed by atoms with Crippen LogP contribution >= 0.6 is 0 Å². The molecule has 0 N–H and O–H groups in total. The third-order valence-electron chi connectivity index (χ3n) is 6.49. The van der Waals surface area contributed by atoms with E-state index < -0.39 is 0 Å². The fourth-order valence-electron chi connectivity index (χ4n) is 4.51. The van der Waals surface area contributed by atoms with Crippen molar-refractivity contribution in [1.29, 1.82) is 0 Å². The minimum atomic E-state index is 0.0302. The zero-order chi connectivity index (χ0) is 22.1. The Morgan fingerprint density at radius 3 is 2.09 bits per heavy atom. The van der Waals surface area contributed by atoms with E-state index in [-0.39, 0.29) is 11.8 Å². The maximum atomic E-state index is 13.0. The van der Waals surface area contributed by atoms with Crippen LogP contribution in [0, 0.1) is 6.92 Å². The van der Waals surface area contributed by atoms with Crippen molar-refractivity contribution in [3.63, 3.8) is 0 Å². The number of aryl methyl sites for hydroxylation is 1. The highest BCUT2D eigenvalue weighted by atomic mass is 16.3. The number of furan rings is 1. The highest BCUT2D eigenvalue weighted by molar-refractivity contribution is 5.97. The topological polar surface area (TPSA) is 57.0 Å². The SMILES string of the molecule is Cc1oc(-c2ccccc2)cc1C(=O)N1CC(N2CCN(C(=O)c3ccccc3)CC2)C1. The summed E-state index contributed by atoms with van der Waals surface area (Å²) >= 11 is 0. The zero-order valence-electron chi connectivity index (χ0n) is 18.2. The van der Waals surface area contributed by atoms with Crippen LogP contribution in [0.4, 0.5) is 0 Å². The summed E-state index contributed by atoms with van der Waals surface area (Å²) in [5.74, 6) is 1.51. The number of likely N-dealkylation sites (tertiary alicyclic amines) is 1. The van der Waals surface area contributed by atoms with Crippen molar-refractivity contribution < 1.29 is 14.0 Å². The Bertz CT molecular complexity index is 1100. The second-order valence-corrected chi connectivity index (χ2v) is 8.50. The Balaban J connectivity index is 1.15. The largest absolute Gasteiger partial charge is 0.461 e. The minimum absolute atomic E-state index is 0.0302. The predicted octanol–water partition coefficient (Wildman–Crippen LogP) is 3.54. The number of piperazine rings is 1. The molecule has 6 nitrogen and oxygen atoms in total. The Kier molecular flexibility index (Phi) is 5.53. The molecule has 0 aliphatic carbocycles. The van der Waals surface area contributed by atoms with Gasteiger partial charge in [0.15, 0.2) is 0 Å². The Labute approximate surface area is 188 Å². The number of carbonyl (C=O) groups excluding carboxylic acids is 2. The van der Waals surface area contributed by atoms with Crippen LogP contribution in [0.1, 0.15) is 26.5 Å². The number of hydrogen-bond acceptors (Lipinski definition) is 4. The van der Waals surface area contributed by atoms with E-state index in [1.807, 2.05) is 83.5 Å². The number of carbonyl (C=O) groups is 2. The van der Waals surface area contributed by atoms with Gasteiger partial charge in [-0.15, -0.1) is 0 Å². The van der Waals surface area contributed by atoms with Gasteiger partial charge in [0.05, 0.1) is 5.56 Å². The summed E-state index contributed by atoms with van der Waals surface area (Å²) in [5.41, 5.74) is 2.35. The maximum absolute atomic E-state index is 13.0. The third-order valence-corrected chi connectivity index (χ3v) is 6.49. The van der Waals surface area contributed by atoms with Crippen molar-refractivity contribution in [2.24, 2.45) is 0 Å². The molecule has 3 heterocycles. The minimum Gasteiger partial charge on any atom is -0.461 e. The van der Waals surface area contributed by atoms with Crippen LogP contribution in [-0.2, 0) is 0 Å². The summed E-state index contributed by atoms with van der Waals surface area (Å²) in [7, 11) is 0. The monoisotopic (exact) mass is 429 g/mol. The first kappa shape index (κ1) is 20.5. The standard InChI is InChI=1S/C26H27N3O3/c1-19-23(16-24(32-19)20-8-4-2-5-9-20)26(31)29-17-22(18-29)27-12-14-28(15-13-27)25(30)21-10-6-3-7-11-21/h2-11,16,22H,12-15,17-18H2,1H3. The Hall–Kier alpha value is -3.38. The summed E-state index contributed by atoms with van der Waals surface area (Å²) in [5, 5.41) is 0. The average molecular weight is 430 g/mol. The highest BCUT2D eigenvalue weighted by Gasteiger charge is 2.37. The van der Waals surface area contributed by atoms with E-state index in [1.165, 1.54) is 0 Å². The van der Waals surface area contributed by atoms with Gasteiger partial charge in [-0.3, -0.25) is 14.5 Å². The van der Waals surface area contributed by atoms with Crippen LogP contribution in [0.15, 0.2) is 71.1 Å². The van der Waals surface area contributed by atoms with Crippen molar-refractivity contribution in [3.8, 4) is 11.3 Å². The van der Waals surface area contributed by atoms with Crippen LogP contribution in [0.3, 0.4) is 0 Å². The molecule has 0 spiro atoms. The molecule has 32 heavy (non-hydrogen) atoms. The molecule has 2 saturated heterocycles. The Morgan fingerprint density at radius 1 is 0.812 bits per heavy atom. The van der Waals surface area contributed by atoms with E-state index in [0.717, 1.165) is 56.2 Å². The van der Waals surface area contributed by atoms with Crippen LogP contribution in [0.2, 0.25) is 0 Å². The molecule has 2 aliphatic heterocycles. The molecule has 2 aromatic carbocycles. The molecule has 0 atom stereocenters. The molecule has 2 aliphatic rings. The lowest BCUT2D eigenvalue weighted by atomic mass is 10.0. The van der Waals surface area contributed by atoms with Gasteiger partial charge in [-0.2, -0.15) is 0 Å². The average Bonchev–Trinajstić information content (AvgIpc) is 3.21. The summed E-state index contributed by atoms with van der Waals surface area (Å²) in [6.45, 7) is 6.41. The predicted molar refractivity (Wildman–Crippen MR) is 122 cm³/mol. The summed E-state index contributed by atoms with van der Waals surface area (Å²) in [6, 6.07) is 21.5. The smallest absolute Gasteiger partial charge is 0.257 e. The Morgan fingerprint density at radius 2 is 1.44 bits per heavy atom. The van der Waals surface area contributed by atoms with Crippen molar-refractivity contribution >= 4 is 11.8 Å². The van der Waals surface area contributed by atoms with Gasteiger partial charge < -0.3 is 14.2 Å². The van der Waals surface area contributed by atoms with Crippen LogP contribution < -0.4 is 0 Å². The fraction of sp³-hybridized carbons (Fsp3) is 0.308. The van der Waals surface area contributed by atoms with Gasteiger partial charge >= 0.3 is 0 Å². The van der Waals surface area contributed by atoms with E-state index >= 15 is 0 Å². The summed E-state index contributed by atoms with van der Waals surface area (Å²) in [6.07, 6.45) is 0. The number of nitrogens with zero attached hydrogens (tertiary/aromatic N) is 3. The van der Waals surface area contributed by atoms with Gasteiger partial charge in [-0.1, -0.05) is 48.5 Å². The van der Waals surface area contributed by atoms with Crippen molar-refractivity contribution in [3.05, 3.63) is 83.6 Å². The van der Waals surface area contributed by atoms with Gasteiger partial charge in [-0.05, 0) is 25.1 Å². The molecule has 6 heteroatoms. The molecule has 164 valence electrons. The van der Waals surface area contributed by atoms with Crippen molar-refractivity contribution in [1.82, 2.24) is 14.7 Å². The number of rotatable bonds is 4. The van der Waals surface area contributed by atoms with Crippen LogP contribution in [0.5, 0.6) is 0 Å². The summed E-state index contributed by atoms with van der Waals surface area (Å²) in [4.78, 5) is 31.9. The number of hydrogen-bond donors (Lipinski definition) is 0. The van der Waals surface area contributed by atoms with Crippen molar-refractivity contribution in [2.75, 3.05) is 39.3 Å². The van der Waals surface area contributed by atoms with Crippen LogP contribution in [-0.4, -0.2) is 71.8 Å². The first-order chi connectivity index (χ1) is 15.6. The second-order valence-electron chi connectivity index (χ2n) is 8.50. The molecule has 2 fully saturated rings. The molecule has 3 aromatic rings. The van der Waals surface area contributed by atoms with Crippen molar-refractivity contribution in [2.45, 2.75) is 13.0 Å². The second kappa shape index (κ2) is 8.63. The number of benzene rings is 2. The van der Waals surface area contributed by atoms with E-state index in [4.69, 9.17) is 4.42 Å². The van der Waals surface area contributed by atoms with Crippen LogP contribution in [0.25, 0.3) is 11.3 Å². The molecule has 5 rings (SSSR count). The lowest BCUT2D eigenvalue weighted by Crippen LogP contribution is -2.64. The van der Waals surface area contributed by atoms with E-state index in [1.54, 1.807) is 0 Å². The summed E-state index contributed by atoms with van der Waals surface area (Å²) < 4.78 is 5.86. The van der Waals surface area contributed by atoms with Gasteiger partial charge in [-0.25, -0.2) is 0 Å². The lowest BCUT2D eigenvalue weighted by molar-refractivity contribution is 0.00846. The molecular weight excluding hydrogens is 402 g/mol. The molecule has 0 radical (unpaired) electrons. The van der Waals surface area contributed by atoms with Gasteiger partial charge in [0, 0.05) is 56.4 Å². The molecule has 0 unspecified atom stereocenters. The molecular formula is C26H27N3O3. The van der Waals surface area contributed by atoms with Gasteiger partial charge in [0.25, 0.3) is 11.8 Å². The quantitative estimate of drug-likeness (QED) is 0.637. The van der Waals surface area contributed by atoms with E-state index in [9.17, 15) is 9.59 Å². The lowest BCUT2D eigenvalue weighted by Gasteiger charge is -2.48. The maximum Gasteiger partial charge on any atom is 0.257 e. The number of amides is 2. The first-order valence-electron chi connectivity index (χ1n) is 11.1. The van der Waals surface area contributed by atoms with Gasteiger partial charge in [0.2, 0.25) is 0 Å². The van der Waals surface area contributed by atoms with E-state index in [0.29, 0.717) is 17.4 Å².